The van der Waals surface area contributed by atoms with Crippen LogP contribution in [0.5, 0.6) is 0 Å². The molecule has 1 N–H and O–H groups in total. The van der Waals surface area contributed by atoms with Crippen molar-refractivity contribution >= 4 is 19.8 Å². The van der Waals surface area contributed by atoms with Gasteiger partial charge in [-0.2, -0.15) is 0 Å². The molecule has 0 bridgehead atoms. The first-order chi connectivity index (χ1) is 50.5. The summed E-state index contributed by atoms with van der Waals surface area (Å²) in [5, 5.41) is 0. The van der Waals surface area contributed by atoms with Crippen LogP contribution in [0.15, 0.2) is 134 Å². The van der Waals surface area contributed by atoms with Crippen molar-refractivity contribution in [3.63, 3.8) is 0 Å². The van der Waals surface area contributed by atoms with E-state index in [4.69, 9.17) is 18.5 Å². The number of hydrogen-bond donors (Lipinski definition) is 1. The van der Waals surface area contributed by atoms with E-state index in [1.165, 1.54) is 238 Å². The Bertz CT molecular complexity index is 2210. The molecule has 0 heterocycles. The molecule has 10 heteroatoms. The highest BCUT2D eigenvalue weighted by Gasteiger charge is 2.27. The number of esters is 2. The SMILES string of the molecule is CC/C=C\C/C=C\C/C=C\C/C=C\C/C=C\C/C=C\C/C=C\C/C=C\C/C=C\C/C=C\C/C=C\CCCCCCCC(=O)OC(COC(=O)CCCCCCCCCCCCCCCCCCCCCCCCCCCCCCCCCCCCCCCCCC)COP(=O)(O)OCC[N+](C)(C)C. The van der Waals surface area contributed by atoms with Gasteiger partial charge in [-0.15, -0.1) is 0 Å². The largest absolute Gasteiger partial charge is 0.472 e. The highest BCUT2D eigenvalue weighted by Crippen LogP contribution is 2.43. The Morgan fingerprint density at radius 3 is 0.825 bits per heavy atom. The molecule has 103 heavy (non-hydrogen) atoms. The van der Waals surface area contributed by atoms with Gasteiger partial charge in [0.25, 0.3) is 0 Å². The number of nitrogens with zero attached hydrogens (tertiary/aromatic N) is 1. The molecule has 0 aromatic rings. The first-order valence-corrected chi connectivity index (χ1v) is 44.9. The Kier molecular flexibility index (Phi) is 79.1. The van der Waals surface area contributed by atoms with Crippen molar-refractivity contribution < 1.29 is 42.1 Å². The number of unbranched alkanes of at least 4 members (excludes halogenated alkanes) is 44. The highest BCUT2D eigenvalue weighted by molar-refractivity contribution is 7.47. The number of rotatable bonds is 80. The van der Waals surface area contributed by atoms with Crippen molar-refractivity contribution in [1.29, 1.82) is 0 Å². The number of carbonyl (C=O) groups is 2. The standard InChI is InChI=1S/C93H164NO8P/c1-6-8-10-12-14-16-18-20-22-24-26-28-30-32-34-36-38-40-42-44-46-48-49-51-53-55-57-59-61-63-65-67-69-71-73-75-77-79-81-83-85-92(95)99-89-91(90-101-103(97,98)100-88-87-94(3,4)5)102-93(96)86-84-82-80-78-76-74-72-70-68-66-64-62-60-58-56-54-52-50-47-45-43-41-39-37-35-33-31-29-27-25-23-21-19-17-15-13-11-9-7-2/h9,11,15,17,21,23,27,29,33,35,39,41,45,47,52,54,58,60,64,66,70,72,91H,6-8,10,12-14,16,18-20,22,24-26,28,30-32,34,36-38,40,42-44,46,48-51,53,55-57,59,61-63,65,67-69,71,73-90H2,1-5H3/p+1/b11-9-,17-15-,23-21-,29-27-,35-33-,41-39-,47-45-,54-52-,60-58-,66-64-,72-70-. The maximum absolute atomic E-state index is 12.9. The number of hydrogen-bond acceptors (Lipinski definition) is 7. The van der Waals surface area contributed by atoms with E-state index in [9.17, 15) is 19.0 Å². The van der Waals surface area contributed by atoms with E-state index in [2.05, 4.69) is 148 Å². The molecule has 2 unspecified atom stereocenters. The number of phosphoric ester groups is 1. The van der Waals surface area contributed by atoms with Crippen LogP contribution in [-0.4, -0.2) is 74.9 Å². The molecule has 2 atom stereocenters. The zero-order chi connectivity index (χ0) is 74.7. The molecule has 0 radical (unpaired) electrons. The Balaban J connectivity index is 3.99. The molecule has 0 amide bonds. The molecular weight excluding hydrogens is 1290 g/mol. The quantitative estimate of drug-likeness (QED) is 0.0211. The number of allylic oxidation sites excluding steroid dienone is 22. The summed E-state index contributed by atoms with van der Waals surface area (Å²) in [4.78, 5) is 36.0. The molecule has 9 nitrogen and oxygen atoms in total. The van der Waals surface area contributed by atoms with Gasteiger partial charge in [-0.1, -0.05) is 417 Å². The number of quaternary nitrogens is 1. The molecule has 0 saturated heterocycles. The first kappa shape index (κ1) is 99.2. The van der Waals surface area contributed by atoms with Crippen LogP contribution in [0.25, 0.3) is 0 Å². The molecule has 594 valence electrons. The third-order valence-electron chi connectivity index (χ3n) is 18.9. The smallest absolute Gasteiger partial charge is 0.462 e. The third-order valence-corrected chi connectivity index (χ3v) is 19.9. The Labute approximate surface area is 638 Å². The topological polar surface area (TPSA) is 108 Å². The van der Waals surface area contributed by atoms with Gasteiger partial charge in [0.15, 0.2) is 6.10 Å². The molecule has 0 fully saturated rings. The Hall–Kier alpha value is -3.85. The maximum atomic E-state index is 12.9. The molecule has 0 aliphatic carbocycles. The predicted octanol–water partition coefficient (Wildman–Crippen LogP) is 29.5. The molecule has 0 saturated carbocycles. The predicted molar refractivity (Wildman–Crippen MR) is 450 cm³/mol. The van der Waals surface area contributed by atoms with E-state index in [-0.39, 0.29) is 32.0 Å². The van der Waals surface area contributed by atoms with Crippen molar-refractivity contribution in [3.8, 4) is 0 Å². The third kappa shape index (κ3) is 87.0. The number of phosphoric acid groups is 1. The second kappa shape index (κ2) is 82.2. The van der Waals surface area contributed by atoms with E-state index in [1.54, 1.807) is 0 Å². The summed E-state index contributed by atoms with van der Waals surface area (Å²) in [7, 11) is 1.46. The number of carbonyl (C=O) groups excluding carboxylic acids is 2. The van der Waals surface area contributed by atoms with Crippen molar-refractivity contribution in [2.24, 2.45) is 0 Å². The van der Waals surface area contributed by atoms with Crippen molar-refractivity contribution in [2.45, 2.75) is 399 Å². The first-order valence-electron chi connectivity index (χ1n) is 43.4. The zero-order valence-electron chi connectivity index (χ0n) is 68.0. The van der Waals surface area contributed by atoms with E-state index in [0.29, 0.717) is 17.4 Å². The lowest BCUT2D eigenvalue weighted by molar-refractivity contribution is -0.870. The van der Waals surface area contributed by atoms with Gasteiger partial charge < -0.3 is 18.9 Å². The van der Waals surface area contributed by atoms with Crippen LogP contribution in [0.1, 0.15) is 393 Å². The molecular formula is C93H165NO8P+. The highest BCUT2D eigenvalue weighted by atomic mass is 31.2. The minimum absolute atomic E-state index is 0.0228. The lowest BCUT2D eigenvalue weighted by Crippen LogP contribution is -2.37. The minimum atomic E-state index is -4.41. The van der Waals surface area contributed by atoms with E-state index in [1.807, 2.05) is 21.1 Å². The fourth-order valence-electron chi connectivity index (χ4n) is 12.4. The van der Waals surface area contributed by atoms with Crippen LogP contribution < -0.4 is 0 Å². The molecule has 0 aromatic carbocycles. The summed E-state index contributed by atoms with van der Waals surface area (Å²) < 4.78 is 34.8. The van der Waals surface area contributed by atoms with E-state index in [0.717, 1.165) is 122 Å². The summed E-state index contributed by atoms with van der Waals surface area (Å²) in [6.45, 7) is 4.34. The second-order valence-corrected chi connectivity index (χ2v) is 31.7. The lowest BCUT2D eigenvalue weighted by Gasteiger charge is -2.24. The number of likely N-dealkylation sites (N-methyl/N-ethyl adjacent to an activating group) is 1. The van der Waals surface area contributed by atoms with Crippen molar-refractivity contribution in [3.05, 3.63) is 134 Å². The van der Waals surface area contributed by atoms with Gasteiger partial charge in [-0.05, 0) is 96.3 Å². The molecule has 0 aliphatic rings. The van der Waals surface area contributed by atoms with Gasteiger partial charge in [0, 0.05) is 12.8 Å². The van der Waals surface area contributed by atoms with Crippen LogP contribution in [0.3, 0.4) is 0 Å². The number of ether oxygens (including phenoxy) is 2. The van der Waals surface area contributed by atoms with Crippen molar-refractivity contribution in [1.82, 2.24) is 0 Å². The summed E-state index contributed by atoms with van der Waals surface area (Å²) in [6, 6.07) is 0. The molecule has 0 aromatic heterocycles. The minimum Gasteiger partial charge on any atom is -0.462 e. The molecule has 0 spiro atoms. The van der Waals surface area contributed by atoms with Gasteiger partial charge in [-0.25, -0.2) is 4.57 Å². The van der Waals surface area contributed by atoms with Crippen LogP contribution in [-0.2, 0) is 32.7 Å². The van der Waals surface area contributed by atoms with Crippen molar-refractivity contribution in [2.75, 3.05) is 47.5 Å². The van der Waals surface area contributed by atoms with E-state index < -0.39 is 26.5 Å². The second-order valence-electron chi connectivity index (χ2n) is 30.2. The van der Waals surface area contributed by atoms with Crippen LogP contribution in [0, 0.1) is 0 Å². The fourth-order valence-corrected chi connectivity index (χ4v) is 13.1. The zero-order valence-corrected chi connectivity index (χ0v) is 68.9. The summed E-state index contributed by atoms with van der Waals surface area (Å²) in [5.41, 5.74) is 0. The monoisotopic (exact) mass is 1460 g/mol. The average molecular weight is 1460 g/mol. The van der Waals surface area contributed by atoms with Crippen LogP contribution in [0.4, 0.5) is 0 Å². The fraction of sp³-hybridized carbons (Fsp3) is 0.742. The summed E-state index contributed by atoms with van der Waals surface area (Å²) >= 11 is 0. The van der Waals surface area contributed by atoms with Gasteiger partial charge in [0.2, 0.25) is 0 Å². The normalized spacial score (nSPS) is 13.7. The summed E-state index contributed by atoms with van der Waals surface area (Å²) in [6.07, 6.45) is 121. The molecule has 0 rings (SSSR count). The van der Waals surface area contributed by atoms with Gasteiger partial charge in [0.1, 0.15) is 19.8 Å². The maximum Gasteiger partial charge on any atom is 0.472 e. The molecule has 0 aliphatic heterocycles. The van der Waals surface area contributed by atoms with E-state index >= 15 is 0 Å². The Morgan fingerprint density at radius 1 is 0.311 bits per heavy atom. The summed E-state index contributed by atoms with van der Waals surface area (Å²) in [5.74, 6) is -0.812. The average Bonchev–Trinajstić information content (AvgIpc) is 1.01. The van der Waals surface area contributed by atoms with Gasteiger partial charge in [0.05, 0.1) is 27.7 Å². The van der Waals surface area contributed by atoms with Gasteiger partial charge >= 0.3 is 19.8 Å². The van der Waals surface area contributed by atoms with Crippen LogP contribution in [0.2, 0.25) is 0 Å². The lowest BCUT2D eigenvalue weighted by atomic mass is 10.0. The Morgan fingerprint density at radius 2 is 0.553 bits per heavy atom. The van der Waals surface area contributed by atoms with Crippen LogP contribution >= 0.6 is 7.82 Å². The van der Waals surface area contributed by atoms with Gasteiger partial charge in [-0.3, -0.25) is 18.6 Å².